The number of amides is 1. The summed E-state index contributed by atoms with van der Waals surface area (Å²) in [5.41, 5.74) is -0.631. The zero-order chi connectivity index (χ0) is 12.8. The quantitative estimate of drug-likeness (QED) is 0.743. The van der Waals surface area contributed by atoms with Crippen LogP contribution in [0.2, 0.25) is 0 Å². The predicted molar refractivity (Wildman–Crippen MR) is 58.6 cm³/mol. The van der Waals surface area contributed by atoms with Crippen LogP contribution in [0.5, 0.6) is 0 Å². The maximum Gasteiger partial charge on any atom is 0.407 e. The lowest BCUT2D eigenvalue weighted by atomic mass is 10.1. The highest BCUT2D eigenvalue weighted by atomic mass is 19.3. The van der Waals surface area contributed by atoms with Gasteiger partial charge in [-0.15, -0.1) is 6.58 Å². The van der Waals surface area contributed by atoms with Gasteiger partial charge in [-0.2, -0.15) is 0 Å². The molecule has 0 bridgehead atoms. The number of hydrogen-bond donors (Lipinski definition) is 1. The molecule has 3 nitrogen and oxygen atoms in total. The molecule has 0 spiro atoms. The Balaban J connectivity index is 4.17. The van der Waals surface area contributed by atoms with E-state index in [4.69, 9.17) is 4.74 Å². The Hall–Kier alpha value is -1.13. The van der Waals surface area contributed by atoms with Crippen molar-refractivity contribution in [2.75, 3.05) is 0 Å². The summed E-state index contributed by atoms with van der Waals surface area (Å²) in [5.74, 6) is 0. The van der Waals surface area contributed by atoms with Gasteiger partial charge in [0.25, 0.3) is 0 Å². The fourth-order valence-electron chi connectivity index (χ4n) is 1.10. The predicted octanol–water partition coefficient (Wildman–Crippen LogP) is 3.11. The van der Waals surface area contributed by atoms with Crippen molar-refractivity contribution in [1.29, 1.82) is 0 Å². The number of carbonyl (C=O) groups excluding carboxylic acids is 1. The van der Waals surface area contributed by atoms with Gasteiger partial charge in [-0.25, -0.2) is 13.6 Å². The molecular weight excluding hydrogens is 216 g/mol. The third-order valence-corrected chi connectivity index (χ3v) is 1.63. The van der Waals surface area contributed by atoms with Gasteiger partial charge in [0.2, 0.25) is 6.43 Å². The fourth-order valence-corrected chi connectivity index (χ4v) is 1.10. The van der Waals surface area contributed by atoms with Gasteiger partial charge in [0.1, 0.15) is 5.60 Å². The number of rotatable bonds is 5. The van der Waals surface area contributed by atoms with Crippen LogP contribution in [0, 0.1) is 0 Å². The summed E-state index contributed by atoms with van der Waals surface area (Å²) in [7, 11) is 0. The third kappa shape index (κ3) is 8.20. The molecule has 0 rings (SSSR count). The lowest BCUT2D eigenvalue weighted by molar-refractivity contribution is 0.0474. The van der Waals surface area contributed by atoms with Crippen molar-refractivity contribution < 1.29 is 18.3 Å². The van der Waals surface area contributed by atoms with Crippen LogP contribution >= 0.6 is 0 Å². The van der Waals surface area contributed by atoms with Crippen molar-refractivity contribution in [2.24, 2.45) is 0 Å². The smallest absolute Gasteiger partial charge is 0.407 e. The second-order valence-electron chi connectivity index (χ2n) is 4.49. The van der Waals surface area contributed by atoms with E-state index in [-0.39, 0.29) is 0 Å². The SMILES string of the molecule is C=CCC(CC(F)F)NC(=O)OC(C)(C)C. The summed E-state index contributed by atoms with van der Waals surface area (Å²) in [6, 6.07) is -0.632. The molecular formula is C11H19F2NO2. The number of carbonyl (C=O) groups is 1. The largest absolute Gasteiger partial charge is 0.444 e. The minimum atomic E-state index is -2.46. The highest BCUT2D eigenvalue weighted by Crippen LogP contribution is 2.10. The van der Waals surface area contributed by atoms with Crippen molar-refractivity contribution in [3.8, 4) is 0 Å². The van der Waals surface area contributed by atoms with Crippen LogP contribution in [-0.4, -0.2) is 24.2 Å². The minimum absolute atomic E-state index is 0.295. The molecule has 0 aromatic rings. The maximum absolute atomic E-state index is 12.2. The molecule has 16 heavy (non-hydrogen) atoms. The topological polar surface area (TPSA) is 38.3 Å². The van der Waals surface area contributed by atoms with Crippen molar-refractivity contribution in [3.63, 3.8) is 0 Å². The molecule has 0 aliphatic heterocycles. The number of alkyl halides is 2. The van der Waals surface area contributed by atoms with Crippen LogP contribution in [0.15, 0.2) is 12.7 Å². The first-order valence-corrected chi connectivity index (χ1v) is 5.13. The van der Waals surface area contributed by atoms with Gasteiger partial charge >= 0.3 is 6.09 Å². The molecule has 0 aliphatic rings. The zero-order valence-electron chi connectivity index (χ0n) is 9.93. The lowest BCUT2D eigenvalue weighted by Crippen LogP contribution is -2.39. The van der Waals surface area contributed by atoms with E-state index >= 15 is 0 Å². The van der Waals surface area contributed by atoms with Gasteiger partial charge in [-0.3, -0.25) is 0 Å². The Morgan fingerprint density at radius 2 is 2.06 bits per heavy atom. The normalized spacial score (nSPS) is 13.4. The number of ether oxygens (including phenoxy) is 1. The van der Waals surface area contributed by atoms with E-state index in [9.17, 15) is 13.6 Å². The molecule has 1 N–H and O–H groups in total. The van der Waals surface area contributed by atoms with Crippen LogP contribution in [0.3, 0.4) is 0 Å². The highest BCUT2D eigenvalue weighted by molar-refractivity contribution is 5.68. The Morgan fingerprint density at radius 1 is 1.50 bits per heavy atom. The van der Waals surface area contributed by atoms with Gasteiger partial charge in [-0.05, 0) is 27.2 Å². The first kappa shape index (κ1) is 14.9. The standard InChI is InChI=1S/C11H19F2NO2/c1-5-6-8(7-9(12)13)14-10(15)16-11(2,3)4/h5,8-9H,1,6-7H2,2-4H3,(H,14,15). The van der Waals surface area contributed by atoms with E-state index in [0.29, 0.717) is 6.42 Å². The average Bonchev–Trinajstić information content (AvgIpc) is 1.98. The number of nitrogens with one attached hydrogen (secondary N) is 1. The number of halogens is 2. The minimum Gasteiger partial charge on any atom is -0.444 e. The molecule has 0 radical (unpaired) electrons. The van der Waals surface area contributed by atoms with Gasteiger partial charge in [-0.1, -0.05) is 6.08 Å². The fraction of sp³-hybridized carbons (Fsp3) is 0.727. The number of hydrogen-bond acceptors (Lipinski definition) is 2. The zero-order valence-corrected chi connectivity index (χ0v) is 9.93. The molecule has 1 atom stereocenters. The molecule has 1 unspecified atom stereocenters. The molecule has 0 aromatic carbocycles. The molecule has 0 heterocycles. The second kappa shape index (κ2) is 6.45. The average molecular weight is 235 g/mol. The van der Waals surface area contributed by atoms with Gasteiger partial charge in [0.05, 0.1) is 0 Å². The Kier molecular flexibility index (Phi) is 6.00. The summed E-state index contributed by atoms with van der Waals surface area (Å²) in [6.07, 6.45) is -1.75. The Labute approximate surface area is 94.9 Å². The molecule has 0 aromatic heterocycles. The van der Waals surface area contributed by atoms with Crippen molar-refractivity contribution in [2.45, 2.75) is 51.7 Å². The van der Waals surface area contributed by atoms with Crippen LogP contribution in [0.1, 0.15) is 33.6 Å². The molecule has 0 saturated heterocycles. The third-order valence-electron chi connectivity index (χ3n) is 1.63. The summed E-state index contributed by atoms with van der Waals surface area (Å²) in [5, 5.41) is 2.39. The molecule has 0 fully saturated rings. The van der Waals surface area contributed by atoms with Gasteiger partial charge < -0.3 is 10.1 Å². The molecule has 0 aliphatic carbocycles. The molecule has 0 saturated carbocycles. The van der Waals surface area contributed by atoms with Crippen LogP contribution in [-0.2, 0) is 4.74 Å². The van der Waals surface area contributed by atoms with Gasteiger partial charge in [0, 0.05) is 12.5 Å². The van der Waals surface area contributed by atoms with E-state index in [1.807, 2.05) is 0 Å². The summed E-state index contributed by atoms with van der Waals surface area (Å²) in [6.45, 7) is 8.58. The van der Waals surface area contributed by atoms with E-state index in [2.05, 4.69) is 11.9 Å². The van der Waals surface area contributed by atoms with E-state index in [0.717, 1.165) is 0 Å². The van der Waals surface area contributed by atoms with Crippen LogP contribution < -0.4 is 5.32 Å². The van der Waals surface area contributed by atoms with Crippen molar-refractivity contribution in [3.05, 3.63) is 12.7 Å². The first-order valence-electron chi connectivity index (χ1n) is 5.13. The molecule has 5 heteroatoms. The lowest BCUT2D eigenvalue weighted by Gasteiger charge is -2.23. The van der Waals surface area contributed by atoms with E-state index < -0.39 is 30.6 Å². The summed E-state index contributed by atoms with van der Waals surface area (Å²) >= 11 is 0. The maximum atomic E-state index is 12.2. The van der Waals surface area contributed by atoms with Crippen molar-refractivity contribution >= 4 is 6.09 Å². The van der Waals surface area contributed by atoms with Crippen molar-refractivity contribution in [1.82, 2.24) is 5.32 Å². The van der Waals surface area contributed by atoms with Crippen LogP contribution in [0.25, 0.3) is 0 Å². The number of alkyl carbamates (subject to hydrolysis) is 1. The first-order chi connectivity index (χ1) is 7.24. The Morgan fingerprint density at radius 3 is 2.44 bits per heavy atom. The summed E-state index contributed by atoms with van der Waals surface area (Å²) < 4.78 is 29.3. The van der Waals surface area contributed by atoms with E-state index in [1.54, 1.807) is 20.8 Å². The second-order valence-corrected chi connectivity index (χ2v) is 4.49. The molecule has 1 amide bonds. The molecule has 94 valence electrons. The Bertz CT molecular complexity index is 237. The van der Waals surface area contributed by atoms with Gasteiger partial charge in [0.15, 0.2) is 0 Å². The highest BCUT2D eigenvalue weighted by Gasteiger charge is 2.20. The monoisotopic (exact) mass is 235 g/mol. The van der Waals surface area contributed by atoms with Crippen LogP contribution in [0.4, 0.5) is 13.6 Å². The summed E-state index contributed by atoms with van der Waals surface area (Å²) in [4.78, 5) is 11.3. The van der Waals surface area contributed by atoms with E-state index in [1.165, 1.54) is 6.08 Å².